The van der Waals surface area contributed by atoms with Gasteiger partial charge in [-0.25, -0.2) is 4.79 Å². The topological polar surface area (TPSA) is 70.9 Å². The minimum absolute atomic E-state index is 0.112. The molecule has 0 saturated heterocycles. The second-order valence-corrected chi connectivity index (χ2v) is 5.96. The number of aromatic carboxylic acids is 1. The van der Waals surface area contributed by atoms with Gasteiger partial charge < -0.3 is 9.84 Å². The SMILES string of the molecule is CC(C)Oc1ccc(C=NNc2ccc(C(=O)O)cc2)cc1Br. The molecule has 2 N–H and O–H groups in total. The maximum absolute atomic E-state index is 10.8. The maximum Gasteiger partial charge on any atom is 0.335 e. The highest BCUT2D eigenvalue weighted by atomic mass is 79.9. The van der Waals surface area contributed by atoms with Gasteiger partial charge in [0.25, 0.3) is 0 Å². The molecule has 0 unspecified atom stereocenters. The number of hydrazone groups is 1. The highest BCUT2D eigenvalue weighted by Gasteiger charge is 2.04. The fourth-order valence-corrected chi connectivity index (χ4v) is 2.31. The van der Waals surface area contributed by atoms with Crippen LogP contribution in [0.2, 0.25) is 0 Å². The molecule has 0 heterocycles. The zero-order chi connectivity index (χ0) is 16.8. The Labute approximate surface area is 143 Å². The molecule has 0 aliphatic rings. The molecule has 0 fully saturated rings. The molecule has 0 bridgehead atoms. The van der Waals surface area contributed by atoms with Gasteiger partial charge in [0.2, 0.25) is 0 Å². The second-order valence-electron chi connectivity index (χ2n) is 5.11. The molecule has 0 amide bonds. The van der Waals surface area contributed by atoms with Crippen LogP contribution in [-0.2, 0) is 0 Å². The Kier molecular flexibility index (Phi) is 5.76. The molecule has 0 aliphatic carbocycles. The third-order valence-electron chi connectivity index (χ3n) is 2.86. The molecule has 23 heavy (non-hydrogen) atoms. The molecule has 0 atom stereocenters. The number of ether oxygens (including phenoxy) is 1. The van der Waals surface area contributed by atoms with Crippen molar-refractivity contribution >= 4 is 33.8 Å². The average Bonchev–Trinajstić information content (AvgIpc) is 2.50. The molecule has 2 aromatic carbocycles. The summed E-state index contributed by atoms with van der Waals surface area (Å²) in [5.41, 5.74) is 4.71. The van der Waals surface area contributed by atoms with E-state index in [4.69, 9.17) is 9.84 Å². The summed E-state index contributed by atoms with van der Waals surface area (Å²) in [6, 6.07) is 12.1. The number of hydrogen-bond donors (Lipinski definition) is 2. The highest BCUT2D eigenvalue weighted by Crippen LogP contribution is 2.26. The van der Waals surface area contributed by atoms with E-state index in [0.29, 0.717) is 5.69 Å². The number of carbonyl (C=O) groups is 1. The van der Waals surface area contributed by atoms with Crippen molar-refractivity contribution in [2.45, 2.75) is 20.0 Å². The van der Waals surface area contributed by atoms with E-state index in [0.717, 1.165) is 15.8 Å². The number of hydrogen-bond acceptors (Lipinski definition) is 4. The van der Waals surface area contributed by atoms with E-state index in [9.17, 15) is 4.79 Å². The maximum atomic E-state index is 10.8. The van der Waals surface area contributed by atoms with Crippen LogP contribution in [0.5, 0.6) is 5.75 Å². The summed E-state index contributed by atoms with van der Waals surface area (Å²) in [6.45, 7) is 3.95. The van der Waals surface area contributed by atoms with E-state index in [-0.39, 0.29) is 11.7 Å². The predicted molar refractivity (Wildman–Crippen MR) is 94.5 cm³/mol. The van der Waals surface area contributed by atoms with Crippen molar-refractivity contribution < 1.29 is 14.6 Å². The Balaban J connectivity index is 2.00. The molecular weight excluding hydrogens is 360 g/mol. The number of halogens is 1. The lowest BCUT2D eigenvalue weighted by Crippen LogP contribution is -2.06. The minimum Gasteiger partial charge on any atom is -0.490 e. The molecule has 0 aliphatic heterocycles. The van der Waals surface area contributed by atoms with Gasteiger partial charge in [-0.1, -0.05) is 0 Å². The smallest absolute Gasteiger partial charge is 0.335 e. The third kappa shape index (κ3) is 5.10. The third-order valence-corrected chi connectivity index (χ3v) is 3.48. The minimum atomic E-state index is -0.950. The summed E-state index contributed by atoms with van der Waals surface area (Å²) >= 11 is 3.47. The summed E-state index contributed by atoms with van der Waals surface area (Å²) < 4.78 is 6.51. The van der Waals surface area contributed by atoms with E-state index in [1.807, 2.05) is 32.0 Å². The van der Waals surface area contributed by atoms with Gasteiger partial charge >= 0.3 is 5.97 Å². The van der Waals surface area contributed by atoms with Gasteiger partial charge in [-0.15, -0.1) is 0 Å². The zero-order valence-corrected chi connectivity index (χ0v) is 14.4. The molecule has 0 aromatic heterocycles. The number of rotatable bonds is 6. The fraction of sp³-hybridized carbons (Fsp3) is 0.176. The van der Waals surface area contributed by atoms with Crippen molar-refractivity contribution in [3.8, 4) is 5.75 Å². The summed E-state index contributed by atoms with van der Waals surface area (Å²) in [6.07, 6.45) is 1.79. The first kappa shape index (κ1) is 17.0. The largest absolute Gasteiger partial charge is 0.490 e. The Bertz CT molecular complexity index is 712. The molecule has 2 aromatic rings. The normalized spacial score (nSPS) is 11.0. The monoisotopic (exact) mass is 376 g/mol. The van der Waals surface area contributed by atoms with Crippen LogP contribution in [-0.4, -0.2) is 23.4 Å². The van der Waals surface area contributed by atoms with Crippen molar-refractivity contribution in [2.24, 2.45) is 5.10 Å². The van der Waals surface area contributed by atoms with Crippen LogP contribution in [0.25, 0.3) is 0 Å². The first-order chi connectivity index (χ1) is 11.0. The van der Waals surface area contributed by atoms with E-state index < -0.39 is 5.97 Å². The van der Waals surface area contributed by atoms with Crippen LogP contribution in [0, 0.1) is 0 Å². The number of carboxylic acids is 1. The van der Waals surface area contributed by atoms with Crippen molar-refractivity contribution in [1.82, 2.24) is 0 Å². The lowest BCUT2D eigenvalue weighted by atomic mass is 10.2. The molecular formula is C17H17BrN2O3. The number of nitrogens with zero attached hydrogens (tertiary/aromatic N) is 1. The Hall–Kier alpha value is -2.34. The van der Waals surface area contributed by atoms with E-state index in [1.54, 1.807) is 18.3 Å². The first-order valence-corrected chi connectivity index (χ1v) is 7.83. The van der Waals surface area contributed by atoms with Gasteiger partial charge in [0, 0.05) is 0 Å². The van der Waals surface area contributed by atoms with Gasteiger partial charge in [-0.3, -0.25) is 5.43 Å². The van der Waals surface area contributed by atoms with Crippen LogP contribution >= 0.6 is 15.9 Å². The summed E-state index contributed by atoms with van der Waals surface area (Å²) in [5.74, 6) is -0.164. The average molecular weight is 377 g/mol. The Morgan fingerprint density at radius 1 is 1.26 bits per heavy atom. The zero-order valence-electron chi connectivity index (χ0n) is 12.8. The van der Waals surface area contributed by atoms with E-state index >= 15 is 0 Å². The summed E-state index contributed by atoms with van der Waals surface area (Å²) in [7, 11) is 0. The van der Waals surface area contributed by atoms with Crippen molar-refractivity contribution in [2.75, 3.05) is 5.43 Å². The Morgan fingerprint density at radius 3 is 2.52 bits per heavy atom. The van der Waals surface area contributed by atoms with E-state index in [2.05, 4.69) is 26.5 Å². The molecule has 0 radical (unpaired) electrons. The van der Waals surface area contributed by atoms with Gasteiger partial charge in [0.1, 0.15) is 5.75 Å². The Morgan fingerprint density at radius 2 is 1.96 bits per heavy atom. The second kappa shape index (κ2) is 7.78. The lowest BCUT2D eigenvalue weighted by Gasteiger charge is -2.11. The quantitative estimate of drug-likeness (QED) is 0.579. The fourth-order valence-electron chi connectivity index (χ4n) is 1.82. The van der Waals surface area contributed by atoms with Crippen LogP contribution in [0.4, 0.5) is 5.69 Å². The summed E-state index contributed by atoms with van der Waals surface area (Å²) in [4.78, 5) is 10.8. The standard InChI is InChI=1S/C17H17BrN2O3/c1-11(2)23-16-8-3-12(9-15(16)18)10-19-20-14-6-4-13(5-7-14)17(21)22/h3-11,20H,1-2H3,(H,21,22). The van der Waals surface area contributed by atoms with Crippen LogP contribution in [0.1, 0.15) is 29.8 Å². The molecule has 0 spiro atoms. The van der Waals surface area contributed by atoms with Crippen molar-refractivity contribution in [3.05, 3.63) is 58.1 Å². The van der Waals surface area contributed by atoms with E-state index in [1.165, 1.54) is 12.1 Å². The van der Waals surface area contributed by atoms with Gasteiger partial charge in [0.15, 0.2) is 0 Å². The lowest BCUT2D eigenvalue weighted by molar-refractivity contribution is 0.0697. The molecule has 0 saturated carbocycles. The van der Waals surface area contributed by atoms with Gasteiger partial charge in [-0.2, -0.15) is 5.10 Å². The highest BCUT2D eigenvalue weighted by molar-refractivity contribution is 9.10. The molecule has 120 valence electrons. The van der Waals surface area contributed by atoms with Gasteiger partial charge in [-0.05, 0) is 77.8 Å². The first-order valence-electron chi connectivity index (χ1n) is 7.04. The van der Waals surface area contributed by atoms with Crippen LogP contribution in [0.15, 0.2) is 52.0 Å². The predicted octanol–water partition coefficient (Wildman–Crippen LogP) is 4.38. The number of benzene rings is 2. The summed E-state index contributed by atoms with van der Waals surface area (Å²) in [5, 5.41) is 13.0. The van der Waals surface area contributed by atoms with Crippen molar-refractivity contribution in [1.29, 1.82) is 0 Å². The number of nitrogens with one attached hydrogen (secondary N) is 1. The van der Waals surface area contributed by atoms with Crippen LogP contribution in [0.3, 0.4) is 0 Å². The number of anilines is 1. The number of carboxylic acid groups (broad SMARTS) is 1. The van der Waals surface area contributed by atoms with Crippen molar-refractivity contribution in [3.63, 3.8) is 0 Å². The molecule has 2 rings (SSSR count). The molecule has 5 nitrogen and oxygen atoms in total. The van der Waals surface area contributed by atoms with Gasteiger partial charge in [0.05, 0.1) is 28.0 Å². The molecule has 6 heteroatoms. The van der Waals surface area contributed by atoms with Crippen LogP contribution < -0.4 is 10.2 Å².